The molecule has 5 atom stereocenters. The molecule has 1 aliphatic carbocycles. The van der Waals surface area contributed by atoms with Crippen LogP contribution in [0, 0.1) is 27.6 Å². The largest absolute Gasteiger partial charge is 0.154 e. The van der Waals surface area contributed by atoms with Crippen molar-refractivity contribution in [2.45, 2.75) is 106 Å². The highest BCUT2D eigenvalue weighted by Crippen LogP contribution is 2.79. The summed E-state index contributed by atoms with van der Waals surface area (Å²) in [6, 6.07) is 0. The van der Waals surface area contributed by atoms with Crippen LogP contribution in [0.2, 0.25) is 17.5 Å². The zero-order valence-electron chi connectivity index (χ0n) is 18.7. The second kappa shape index (κ2) is 5.17. The van der Waals surface area contributed by atoms with Crippen LogP contribution in [-0.4, -0.2) is 6.71 Å². The Balaban J connectivity index is 2.26. The third-order valence-electron chi connectivity index (χ3n) is 10.8. The van der Waals surface area contributed by atoms with Gasteiger partial charge >= 0.3 is 0 Å². The molecule has 24 heavy (non-hydrogen) atoms. The predicted octanol–water partition coefficient (Wildman–Crippen LogP) is 7.74. The second-order valence-corrected chi connectivity index (χ2v) is 11.6. The first-order valence-corrected chi connectivity index (χ1v) is 10.3. The molecule has 1 heteroatoms. The average Bonchev–Trinajstić information content (AvgIpc) is 2.90. The molecule has 0 aromatic rings. The van der Waals surface area contributed by atoms with E-state index in [2.05, 4.69) is 95.1 Å². The van der Waals surface area contributed by atoms with E-state index in [4.69, 9.17) is 0 Å². The summed E-state index contributed by atoms with van der Waals surface area (Å²) in [5.74, 6) is 0.750. The van der Waals surface area contributed by atoms with Crippen LogP contribution >= 0.6 is 0 Å². The van der Waals surface area contributed by atoms with Gasteiger partial charge in [0, 0.05) is 0 Å². The van der Waals surface area contributed by atoms with Crippen LogP contribution in [0.1, 0.15) is 89.0 Å². The van der Waals surface area contributed by atoms with Crippen molar-refractivity contribution in [2.24, 2.45) is 27.6 Å². The predicted molar refractivity (Wildman–Crippen MR) is 111 cm³/mol. The Labute approximate surface area is 153 Å². The van der Waals surface area contributed by atoms with E-state index >= 15 is 0 Å². The Hall–Kier alpha value is -0.195. The van der Waals surface area contributed by atoms with Gasteiger partial charge in [0.1, 0.15) is 0 Å². The highest BCUT2D eigenvalue weighted by molar-refractivity contribution is 6.78. The van der Waals surface area contributed by atoms with Gasteiger partial charge in [0.25, 0.3) is 0 Å². The summed E-state index contributed by atoms with van der Waals surface area (Å²) >= 11 is 0. The van der Waals surface area contributed by atoms with E-state index in [9.17, 15) is 0 Å². The molecular formula is C23H43B. The van der Waals surface area contributed by atoms with Crippen LogP contribution in [-0.2, 0) is 0 Å². The van der Waals surface area contributed by atoms with Crippen molar-refractivity contribution in [2.75, 3.05) is 0 Å². The van der Waals surface area contributed by atoms with Gasteiger partial charge in [-0.3, -0.25) is 0 Å². The first-order chi connectivity index (χ1) is 10.6. The van der Waals surface area contributed by atoms with Gasteiger partial charge in [-0.1, -0.05) is 107 Å². The quantitative estimate of drug-likeness (QED) is 0.365. The molecule has 0 amide bonds. The Morgan fingerprint density at radius 3 is 1.88 bits per heavy atom. The summed E-state index contributed by atoms with van der Waals surface area (Å²) in [7, 11) is 0. The first-order valence-electron chi connectivity index (χ1n) is 10.3. The first kappa shape index (κ1) is 20.1. The molecule has 0 nitrogen and oxygen atoms in total. The van der Waals surface area contributed by atoms with Crippen LogP contribution in [0.4, 0.5) is 0 Å². The molecule has 0 spiro atoms. The van der Waals surface area contributed by atoms with E-state index in [0.717, 1.165) is 12.6 Å². The van der Waals surface area contributed by atoms with Crippen LogP contribution in [0.15, 0.2) is 12.2 Å². The molecule has 1 aliphatic heterocycles. The molecule has 0 aromatic heterocycles. The van der Waals surface area contributed by atoms with Crippen molar-refractivity contribution in [3.05, 3.63) is 12.2 Å². The van der Waals surface area contributed by atoms with E-state index in [1.54, 1.807) is 0 Å². The van der Waals surface area contributed by atoms with Crippen molar-refractivity contribution in [3.63, 3.8) is 0 Å². The number of hydrogen-bond acceptors (Lipinski definition) is 0. The maximum absolute atomic E-state index is 2.58. The number of rotatable bonds is 4. The molecule has 2 aliphatic rings. The minimum absolute atomic E-state index is 0.333. The fourth-order valence-corrected chi connectivity index (χ4v) is 6.97. The Morgan fingerprint density at radius 1 is 1.00 bits per heavy atom. The average molecular weight is 330 g/mol. The number of allylic oxidation sites excluding steroid dienone is 2. The minimum Gasteiger partial charge on any atom is -0.0900 e. The van der Waals surface area contributed by atoms with E-state index in [-0.39, 0.29) is 0 Å². The van der Waals surface area contributed by atoms with Gasteiger partial charge in [0.05, 0.1) is 0 Å². The third-order valence-corrected chi connectivity index (χ3v) is 10.8. The highest BCUT2D eigenvalue weighted by atomic mass is 14.8. The van der Waals surface area contributed by atoms with Gasteiger partial charge < -0.3 is 0 Å². The van der Waals surface area contributed by atoms with Gasteiger partial charge in [-0.2, -0.15) is 0 Å². The summed E-state index contributed by atoms with van der Waals surface area (Å²) in [6.45, 7) is 30.4. The maximum Gasteiger partial charge on any atom is 0.154 e. The highest BCUT2D eigenvalue weighted by Gasteiger charge is 2.72. The zero-order chi connectivity index (χ0) is 19.0. The Morgan fingerprint density at radius 2 is 1.50 bits per heavy atom. The molecule has 1 saturated heterocycles. The minimum atomic E-state index is 0.333. The van der Waals surface area contributed by atoms with Gasteiger partial charge in [-0.25, -0.2) is 0 Å². The van der Waals surface area contributed by atoms with Crippen LogP contribution in [0.25, 0.3) is 0 Å². The standard InChI is InChI=1S/C23H43B/c1-13-21(9)22(10,24(21)12)16-14-15-20(8)19(6,7)17(2)23(20,11)18(3,4)5/h14,16-17H,13,15H2,1-12H3/b16-14+/t17?,20?,21?,22?,23-/m1/s1. The van der Waals surface area contributed by atoms with Crippen molar-refractivity contribution in [1.29, 1.82) is 0 Å². The third kappa shape index (κ3) is 1.99. The molecular weight excluding hydrogens is 287 g/mol. The fraction of sp³-hybridized carbons (Fsp3) is 0.913. The molecule has 0 radical (unpaired) electrons. The zero-order valence-corrected chi connectivity index (χ0v) is 18.7. The van der Waals surface area contributed by atoms with Crippen molar-refractivity contribution >= 4 is 6.71 Å². The summed E-state index contributed by atoms with van der Waals surface area (Å²) in [5, 5.41) is 0.899. The molecule has 2 rings (SSSR count). The summed E-state index contributed by atoms with van der Waals surface area (Å²) in [6.07, 6.45) is 7.62. The van der Waals surface area contributed by atoms with Gasteiger partial charge in [0.2, 0.25) is 0 Å². The lowest BCUT2D eigenvalue weighted by Gasteiger charge is -2.76. The molecule has 2 fully saturated rings. The lowest BCUT2D eigenvalue weighted by Crippen LogP contribution is -2.71. The Kier molecular flexibility index (Phi) is 4.33. The van der Waals surface area contributed by atoms with Gasteiger partial charge in [-0.05, 0) is 39.3 Å². The van der Waals surface area contributed by atoms with Crippen LogP contribution in [0.5, 0.6) is 0 Å². The smallest absolute Gasteiger partial charge is 0.0900 e. The maximum atomic E-state index is 2.58. The monoisotopic (exact) mass is 330 g/mol. The molecule has 0 bridgehead atoms. The van der Waals surface area contributed by atoms with Crippen molar-refractivity contribution in [1.82, 2.24) is 0 Å². The van der Waals surface area contributed by atoms with E-state index in [1.807, 2.05) is 0 Å². The second-order valence-electron chi connectivity index (χ2n) is 11.6. The number of hydrogen-bond donors (Lipinski definition) is 0. The topological polar surface area (TPSA) is 0 Å². The fourth-order valence-electron chi connectivity index (χ4n) is 6.97. The lowest BCUT2D eigenvalue weighted by molar-refractivity contribution is -0.283. The lowest BCUT2D eigenvalue weighted by atomic mass is 9.28. The van der Waals surface area contributed by atoms with Crippen molar-refractivity contribution < 1.29 is 0 Å². The van der Waals surface area contributed by atoms with Gasteiger partial charge in [-0.15, -0.1) is 0 Å². The van der Waals surface area contributed by atoms with Crippen LogP contribution < -0.4 is 0 Å². The Bertz CT molecular complexity index is 539. The van der Waals surface area contributed by atoms with Crippen LogP contribution in [0.3, 0.4) is 0 Å². The van der Waals surface area contributed by atoms with E-state index < -0.39 is 0 Å². The summed E-state index contributed by atoms with van der Waals surface area (Å²) < 4.78 is 0. The van der Waals surface area contributed by atoms with E-state index in [0.29, 0.717) is 32.3 Å². The van der Waals surface area contributed by atoms with Crippen molar-refractivity contribution in [3.8, 4) is 0 Å². The summed E-state index contributed by atoms with van der Waals surface area (Å²) in [5.41, 5.74) is 1.45. The molecule has 1 heterocycles. The molecule has 138 valence electrons. The normalized spacial score (nSPS) is 47.8. The molecule has 1 saturated carbocycles. The molecule has 4 unspecified atom stereocenters. The van der Waals surface area contributed by atoms with E-state index in [1.165, 1.54) is 12.8 Å². The van der Waals surface area contributed by atoms with Gasteiger partial charge in [0.15, 0.2) is 6.71 Å². The molecule has 0 aromatic carbocycles. The summed E-state index contributed by atoms with van der Waals surface area (Å²) in [4.78, 5) is 0. The molecule has 0 N–H and O–H groups in total. The SMILES string of the molecule is CCC1(C)B(C)C1(C)/C=C/CC1(C)C(C)(C)C(C)[C@]1(C)C(C)(C)C.